The minimum absolute atomic E-state index is 0. The maximum absolute atomic E-state index is 12.7. The summed E-state index contributed by atoms with van der Waals surface area (Å²) in [6.45, 7) is 7.55. The van der Waals surface area contributed by atoms with E-state index >= 15 is 0 Å². The van der Waals surface area contributed by atoms with Gasteiger partial charge in [-0.1, -0.05) is 0 Å². The fourth-order valence-corrected chi connectivity index (χ4v) is 3.90. The lowest BCUT2D eigenvalue weighted by Crippen LogP contribution is -2.47. The first kappa shape index (κ1) is 19.3. The third-order valence-electron chi connectivity index (χ3n) is 5.38. The van der Waals surface area contributed by atoms with Gasteiger partial charge in [-0.2, -0.15) is 0 Å². The number of aromatic nitrogens is 1. The van der Waals surface area contributed by atoms with Gasteiger partial charge >= 0.3 is 0 Å². The van der Waals surface area contributed by atoms with Gasteiger partial charge in [-0.3, -0.25) is 4.79 Å². The normalized spacial score (nSPS) is 19.6. The smallest absolute Gasteiger partial charge is 0.253 e. The molecule has 0 bridgehead atoms. The average molecular weight is 356 g/mol. The summed E-state index contributed by atoms with van der Waals surface area (Å²) < 4.78 is 7.75. The van der Waals surface area contributed by atoms with Gasteiger partial charge in [0.05, 0.1) is 12.2 Å². The lowest BCUT2D eigenvalue weighted by molar-refractivity contribution is 0.0511. The van der Waals surface area contributed by atoms with E-state index < -0.39 is 0 Å². The molecule has 0 unspecified atom stereocenters. The molecule has 0 atom stereocenters. The van der Waals surface area contributed by atoms with Crippen LogP contribution in [-0.4, -0.2) is 43.8 Å². The SMILES string of the molecule is COCC1(CNC(=O)c2cc(C)n(C3CC3)c2C)CCNCC1.Cl. The van der Waals surface area contributed by atoms with E-state index in [4.69, 9.17) is 4.74 Å². The first-order valence-electron chi connectivity index (χ1n) is 8.73. The Bertz CT molecular complexity index is 570. The first-order valence-corrected chi connectivity index (χ1v) is 8.73. The number of aryl methyl sites for hydroxylation is 1. The Morgan fingerprint density at radius 2 is 2.04 bits per heavy atom. The number of amides is 1. The topological polar surface area (TPSA) is 55.3 Å². The molecule has 1 aromatic heterocycles. The minimum Gasteiger partial charge on any atom is -0.384 e. The standard InChI is InChI=1S/C18H29N3O2.ClH/c1-13-10-16(14(2)21(13)15-4-5-15)17(22)20-11-18(12-23-3)6-8-19-9-7-18;/h10,15,19H,4-9,11-12H2,1-3H3,(H,20,22);1H. The van der Waals surface area contributed by atoms with Crippen LogP contribution in [0.25, 0.3) is 0 Å². The van der Waals surface area contributed by atoms with Gasteiger partial charge < -0.3 is 19.9 Å². The minimum atomic E-state index is 0. The molecule has 136 valence electrons. The second-order valence-electron chi connectivity index (χ2n) is 7.25. The highest BCUT2D eigenvalue weighted by Gasteiger charge is 2.33. The number of carbonyl (C=O) groups excluding carboxylic acids is 1. The molecule has 6 heteroatoms. The van der Waals surface area contributed by atoms with Crippen LogP contribution in [0.15, 0.2) is 6.07 Å². The predicted molar refractivity (Wildman–Crippen MR) is 98.2 cm³/mol. The summed E-state index contributed by atoms with van der Waals surface area (Å²) >= 11 is 0. The Kier molecular flexibility index (Phi) is 6.34. The lowest BCUT2D eigenvalue weighted by Gasteiger charge is -2.37. The lowest BCUT2D eigenvalue weighted by atomic mass is 9.79. The van der Waals surface area contributed by atoms with Gasteiger partial charge in [0.25, 0.3) is 5.91 Å². The highest BCUT2D eigenvalue weighted by atomic mass is 35.5. The van der Waals surface area contributed by atoms with Crippen LogP contribution in [0.4, 0.5) is 0 Å². The van der Waals surface area contributed by atoms with Crippen molar-refractivity contribution in [3.63, 3.8) is 0 Å². The summed E-state index contributed by atoms with van der Waals surface area (Å²) in [7, 11) is 1.74. The molecule has 5 nitrogen and oxygen atoms in total. The number of nitrogens with one attached hydrogen (secondary N) is 2. The second kappa shape index (κ2) is 7.89. The molecule has 0 radical (unpaired) electrons. The number of hydrogen-bond acceptors (Lipinski definition) is 3. The van der Waals surface area contributed by atoms with Crippen LogP contribution in [0.5, 0.6) is 0 Å². The number of nitrogens with zero attached hydrogens (tertiary/aromatic N) is 1. The molecule has 2 aliphatic rings. The van der Waals surface area contributed by atoms with Crippen molar-refractivity contribution < 1.29 is 9.53 Å². The molecule has 1 amide bonds. The first-order chi connectivity index (χ1) is 11.1. The molecular weight excluding hydrogens is 326 g/mol. The van der Waals surface area contributed by atoms with Crippen molar-refractivity contribution in [1.82, 2.24) is 15.2 Å². The zero-order valence-electron chi connectivity index (χ0n) is 15.0. The van der Waals surface area contributed by atoms with Gasteiger partial charge in [-0.25, -0.2) is 0 Å². The third kappa shape index (κ3) is 3.95. The van der Waals surface area contributed by atoms with Gasteiger partial charge in [0.1, 0.15) is 0 Å². The Labute approximate surface area is 150 Å². The molecule has 2 heterocycles. The summed E-state index contributed by atoms with van der Waals surface area (Å²) in [4.78, 5) is 12.7. The Morgan fingerprint density at radius 3 is 2.62 bits per heavy atom. The molecular formula is C18H30ClN3O2. The van der Waals surface area contributed by atoms with Crippen molar-refractivity contribution in [3.05, 3.63) is 23.0 Å². The van der Waals surface area contributed by atoms with E-state index in [1.165, 1.54) is 18.5 Å². The van der Waals surface area contributed by atoms with Crippen LogP contribution < -0.4 is 10.6 Å². The Hall–Kier alpha value is -1.04. The van der Waals surface area contributed by atoms with Crippen molar-refractivity contribution in [2.45, 2.75) is 45.6 Å². The van der Waals surface area contributed by atoms with Crippen molar-refractivity contribution in [2.75, 3.05) is 33.4 Å². The van der Waals surface area contributed by atoms with Crippen LogP contribution in [0.1, 0.15) is 53.5 Å². The molecule has 1 aliphatic carbocycles. The van der Waals surface area contributed by atoms with E-state index in [9.17, 15) is 4.79 Å². The number of piperidine rings is 1. The van der Waals surface area contributed by atoms with Gasteiger partial charge in [-0.05, 0) is 58.7 Å². The molecule has 0 aromatic carbocycles. The predicted octanol–water partition coefficient (Wildman–Crippen LogP) is 2.61. The fraction of sp³-hybridized carbons (Fsp3) is 0.722. The number of carbonyl (C=O) groups is 1. The molecule has 1 saturated heterocycles. The number of hydrogen-bond donors (Lipinski definition) is 2. The largest absolute Gasteiger partial charge is 0.384 e. The average Bonchev–Trinajstić information content (AvgIpc) is 3.32. The molecule has 0 spiro atoms. The Morgan fingerprint density at radius 1 is 1.38 bits per heavy atom. The van der Waals surface area contributed by atoms with Crippen LogP contribution in [-0.2, 0) is 4.74 Å². The molecule has 24 heavy (non-hydrogen) atoms. The van der Waals surface area contributed by atoms with E-state index in [1.54, 1.807) is 7.11 Å². The Balaban J connectivity index is 0.00000208. The summed E-state index contributed by atoms with van der Waals surface area (Å²) in [6, 6.07) is 2.65. The van der Waals surface area contributed by atoms with Crippen molar-refractivity contribution in [1.29, 1.82) is 0 Å². The summed E-state index contributed by atoms with van der Waals surface area (Å²) in [5.74, 6) is 0.0546. The van der Waals surface area contributed by atoms with Crippen LogP contribution in [0, 0.1) is 19.3 Å². The summed E-state index contributed by atoms with van der Waals surface area (Å²) in [5.41, 5.74) is 3.20. The number of ether oxygens (including phenoxy) is 1. The second-order valence-corrected chi connectivity index (χ2v) is 7.25. The molecule has 2 fully saturated rings. The van der Waals surface area contributed by atoms with E-state index in [0.717, 1.165) is 37.2 Å². The maximum atomic E-state index is 12.7. The van der Waals surface area contributed by atoms with Crippen molar-refractivity contribution in [2.24, 2.45) is 5.41 Å². The summed E-state index contributed by atoms with van der Waals surface area (Å²) in [5, 5.41) is 6.56. The van der Waals surface area contributed by atoms with Crippen LogP contribution >= 0.6 is 12.4 Å². The molecule has 3 rings (SSSR count). The molecule has 1 aliphatic heterocycles. The maximum Gasteiger partial charge on any atom is 0.253 e. The van der Waals surface area contributed by atoms with Gasteiger partial charge in [0.2, 0.25) is 0 Å². The van der Waals surface area contributed by atoms with Crippen molar-refractivity contribution in [3.8, 4) is 0 Å². The molecule has 1 saturated carbocycles. The van der Waals surface area contributed by atoms with Gasteiger partial charge in [-0.15, -0.1) is 12.4 Å². The van der Waals surface area contributed by atoms with E-state index in [0.29, 0.717) is 19.2 Å². The van der Waals surface area contributed by atoms with E-state index in [2.05, 4.69) is 29.0 Å². The molecule has 1 aromatic rings. The number of halogens is 1. The highest BCUT2D eigenvalue weighted by Crippen LogP contribution is 2.38. The van der Waals surface area contributed by atoms with Crippen molar-refractivity contribution >= 4 is 18.3 Å². The fourth-order valence-electron chi connectivity index (χ4n) is 3.90. The highest BCUT2D eigenvalue weighted by molar-refractivity contribution is 5.95. The number of methoxy groups -OCH3 is 1. The quantitative estimate of drug-likeness (QED) is 0.824. The van der Waals surface area contributed by atoms with E-state index in [-0.39, 0.29) is 23.7 Å². The van der Waals surface area contributed by atoms with E-state index in [1.807, 2.05) is 6.07 Å². The third-order valence-corrected chi connectivity index (χ3v) is 5.38. The van der Waals surface area contributed by atoms with Gasteiger partial charge in [0, 0.05) is 36.5 Å². The molecule has 2 N–H and O–H groups in total. The van der Waals surface area contributed by atoms with Crippen LogP contribution in [0.2, 0.25) is 0 Å². The van der Waals surface area contributed by atoms with Gasteiger partial charge in [0.15, 0.2) is 0 Å². The zero-order chi connectivity index (χ0) is 16.4. The zero-order valence-corrected chi connectivity index (χ0v) is 15.8. The monoisotopic (exact) mass is 355 g/mol. The number of rotatable bonds is 6. The van der Waals surface area contributed by atoms with Crippen LogP contribution in [0.3, 0.4) is 0 Å². The summed E-state index contributed by atoms with van der Waals surface area (Å²) in [6.07, 6.45) is 4.56.